The number of nitrogens with two attached hydrogens (primary N) is 1. The van der Waals surface area contributed by atoms with Gasteiger partial charge < -0.3 is 15.2 Å². The van der Waals surface area contributed by atoms with E-state index in [-0.39, 0.29) is 6.04 Å². The third kappa shape index (κ3) is 3.79. The molecule has 3 heteroatoms. The van der Waals surface area contributed by atoms with Gasteiger partial charge >= 0.3 is 0 Å². The van der Waals surface area contributed by atoms with Crippen molar-refractivity contribution in [3.8, 4) is 17.2 Å². The van der Waals surface area contributed by atoms with Gasteiger partial charge in [-0.15, -0.1) is 0 Å². The maximum Gasteiger partial charge on any atom is 0.131 e. The molecule has 2 N–H and O–H groups in total. The van der Waals surface area contributed by atoms with Crippen LogP contribution in [0.3, 0.4) is 0 Å². The van der Waals surface area contributed by atoms with Crippen molar-refractivity contribution in [3.63, 3.8) is 0 Å². The Morgan fingerprint density at radius 3 is 2.33 bits per heavy atom. The second-order valence-corrected chi connectivity index (χ2v) is 4.18. The lowest BCUT2D eigenvalue weighted by Gasteiger charge is -2.10. The van der Waals surface area contributed by atoms with Crippen LogP contribution in [0.2, 0.25) is 0 Å². The standard InChI is InChI=1S/C15H17NO2/c1-12(16)11-17-14-8-5-9-15(10-14)18-13-6-3-2-4-7-13/h2-10,12H,11,16H2,1H3. The highest BCUT2D eigenvalue weighted by atomic mass is 16.5. The van der Waals surface area contributed by atoms with Gasteiger partial charge in [-0.2, -0.15) is 0 Å². The fraction of sp³-hybridized carbons (Fsp3) is 0.200. The van der Waals surface area contributed by atoms with E-state index in [4.69, 9.17) is 15.2 Å². The normalized spacial score (nSPS) is 11.9. The summed E-state index contributed by atoms with van der Waals surface area (Å²) < 4.78 is 11.3. The van der Waals surface area contributed by atoms with E-state index in [2.05, 4.69) is 0 Å². The van der Waals surface area contributed by atoms with E-state index >= 15 is 0 Å². The first-order chi connectivity index (χ1) is 8.74. The lowest BCUT2D eigenvalue weighted by atomic mass is 10.3. The van der Waals surface area contributed by atoms with Gasteiger partial charge in [0.15, 0.2) is 0 Å². The SMILES string of the molecule is CC(N)COc1cccc(Oc2ccccc2)c1. The molecule has 0 heterocycles. The molecule has 0 bridgehead atoms. The van der Waals surface area contributed by atoms with Gasteiger partial charge in [-0.1, -0.05) is 24.3 Å². The van der Waals surface area contributed by atoms with Crippen molar-refractivity contribution >= 4 is 0 Å². The second kappa shape index (κ2) is 6.07. The Labute approximate surface area is 107 Å². The molecule has 2 aromatic carbocycles. The molecular formula is C15H17NO2. The van der Waals surface area contributed by atoms with E-state index in [0.29, 0.717) is 6.61 Å². The number of ether oxygens (including phenoxy) is 2. The van der Waals surface area contributed by atoms with Crippen LogP contribution in [0.5, 0.6) is 17.2 Å². The van der Waals surface area contributed by atoms with Crippen LogP contribution in [-0.4, -0.2) is 12.6 Å². The predicted molar refractivity (Wildman–Crippen MR) is 72.1 cm³/mol. The number of hydrogen-bond acceptors (Lipinski definition) is 3. The summed E-state index contributed by atoms with van der Waals surface area (Å²) in [6.07, 6.45) is 0. The van der Waals surface area contributed by atoms with Gasteiger partial charge in [-0.05, 0) is 31.2 Å². The van der Waals surface area contributed by atoms with E-state index in [1.54, 1.807) is 0 Å². The molecule has 18 heavy (non-hydrogen) atoms. The number of rotatable bonds is 5. The first-order valence-corrected chi connectivity index (χ1v) is 5.95. The molecule has 2 aromatic rings. The zero-order valence-electron chi connectivity index (χ0n) is 10.4. The zero-order chi connectivity index (χ0) is 12.8. The molecule has 0 aliphatic rings. The molecule has 0 aliphatic carbocycles. The van der Waals surface area contributed by atoms with Gasteiger partial charge in [0.1, 0.15) is 23.9 Å². The first kappa shape index (κ1) is 12.5. The highest BCUT2D eigenvalue weighted by molar-refractivity contribution is 5.36. The molecule has 0 saturated carbocycles. The molecule has 2 rings (SSSR count). The van der Waals surface area contributed by atoms with E-state index in [1.165, 1.54) is 0 Å². The van der Waals surface area contributed by atoms with Crippen LogP contribution in [0.15, 0.2) is 54.6 Å². The summed E-state index contributed by atoms with van der Waals surface area (Å²) >= 11 is 0. The lowest BCUT2D eigenvalue weighted by molar-refractivity contribution is 0.295. The molecule has 0 spiro atoms. The molecule has 0 aromatic heterocycles. The number of hydrogen-bond donors (Lipinski definition) is 1. The molecule has 1 atom stereocenters. The van der Waals surface area contributed by atoms with Crippen molar-refractivity contribution in [2.45, 2.75) is 13.0 Å². The van der Waals surface area contributed by atoms with E-state index < -0.39 is 0 Å². The van der Waals surface area contributed by atoms with Crippen molar-refractivity contribution < 1.29 is 9.47 Å². The summed E-state index contributed by atoms with van der Waals surface area (Å²) in [5.74, 6) is 2.32. The number of benzene rings is 2. The van der Waals surface area contributed by atoms with Crippen LogP contribution in [0.1, 0.15) is 6.92 Å². The maximum absolute atomic E-state index is 5.71. The molecular weight excluding hydrogens is 226 g/mol. The Morgan fingerprint density at radius 2 is 1.61 bits per heavy atom. The Balaban J connectivity index is 2.03. The summed E-state index contributed by atoms with van der Waals surface area (Å²) in [7, 11) is 0. The molecule has 0 amide bonds. The Hall–Kier alpha value is -2.00. The van der Waals surface area contributed by atoms with E-state index in [0.717, 1.165) is 17.2 Å². The maximum atomic E-state index is 5.71. The smallest absolute Gasteiger partial charge is 0.131 e. The Kier molecular flexibility index (Phi) is 4.20. The van der Waals surface area contributed by atoms with Crippen LogP contribution in [0, 0.1) is 0 Å². The predicted octanol–water partition coefficient (Wildman–Crippen LogP) is 3.20. The monoisotopic (exact) mass is 243 g/mol. The highest BCUT2D eigenvalue weighted by Gasteiger charge is 2.01. The second-order valence-electron chi connectivity index (χ2n) is 4.18. The third-order valence-corrected chi connectivity index (χ3v) is 2.30. The van der Waals surface area contributed by atoms with Gasteiger partial charge in [0.25, 0.3) is 0 Å². The fourth-order valence-electron chi connectivity index (χ4n) is 1.48. The first-order valence-electron chi connectivity index (χ1n) is 5.95. The number of para-hydroxylation sites is 1. The van der Waals surface area contributed by atoms with Crippen molar-refractivity contribution in [1.82, 2.24) is 0 Å². The molecule has 0 aliphatic heterocycles. The van der Waals surface area contributed by atoms with Crippen molar-refractivity contribution in [2.24, 2.45) is 5.73 Å². The van der Waals surface area contributed by atoms with Crippen LogP contribution in [-0.2, 0) is 0 Å². The summed E-state index contributed by atoms with van der Waals surface area (Å²) in [6, 6.07) is 17.2. The molecule has 1 unspecified atom stereocenters. The van der Waals surface area contributed by atoms with Gasteiger partial charge in [-0.25, -0.2) is 0 Å². The van der Waals surface area contributed by atoms with Gasteiger partial charge in [-0.3, -0.25) is 0 Å². The molecule has 0 radical (unpaired) electrons. The Bertz CT molecular complexity index is 483. The lowest BCUT2D eigenvalue weighted by Crippen LogP contribution is -2.23. The largest absolute Gasteiger partial charge is 0.492 e. The van der Waals surface area contributed by atoms with Crippen molar-refractivity contribution in [2.75, 3.05) is 6.61 Å². The van der Waals surface area contributed by atoms with Crippen LogP contribution in [0.4, 0.5) is 0 Å². The van der Waals surface area contributed by atoms with Gasteiger partial charge in [0, 0.05) is 12.1 Å². The summed E-state index contributed by atoms with van der Waals surface area (Å²) in [5, 5.41) is 0. The summed E-state index contributed by atoms with van der Waals surface area (Å²) in [5.41, 5.74) is 5.65. The van der Waals surface area contributed by atoms with Gasteiger partial charge in [0.2, 0.25) is 0 Å². The van der Waals surface area contributed by atoms with Crippen LogP contribution in [0.25, 0.3) is 0 Å². The summed E-state index contributed by atoms with van der Waals surface area (Å²) in [4.78, 5) is 0. The average molecular weight is 243 g/mol. The Morgan fingerprint density at radius 1 is 0.944 bits per heavy atom. The van der Waals surface area contributed by atoms with Crippen molar-refractivity contribution in [3.05, 3.63) is 54.6 Å². The van der Waals surface area contributed by atoms with Gasteiger partial charge in [0.05, 0.1) is 0 Å². The zero-order valence-corrected chi connectivity index (χ0v) is 10.4. The molecule has 0 fully saturated rings. The fourth-order valence-corrected chi connectivity index (χ4v) is 1.48. The van der Waals surface area contributed by atoms with E-state index in [9.17, 15) is 0 Å². The quantitative estimate of drug-likeness (QED) is 0.877. The van der Waals surface area contributed by atoms with Crippen molar-refractivity contribution in [1.29, 1.82) is 0 Å². The third-order valence-electron chi connectivity index (χ3n) is 2.30. The minimum atomic E-state index is 0.0173. The minimum absolute atomic E-state index is 0.0173. The molecule has 3 nitrogen and oxygen atoms in total. The summed E-state index contributed by atoms with van der Waals surface area (Å²) in [6.45, 7) is 2.40. The topological polar surface area (TPSA) is 44.5 Å². The highest BCUT2D eigenvalue weighted by Crippen LogP contribution is 2.24. The van der Waals surface area contributed by atoms with Crippen LogP contribution < -0.4 is 15.2 Å². The van der Waals surface area contributed by atoms with E-state index in [1.807, 2.05) is 61.5 Å². The molecule has 94 valence electrons. The molecule has 0 saturated heterocycles. The van der Waals surface area contributed by atoms with Crippen LogP contribution >= 0.6 is 0 Å². The average Bonchev–Trinajstić information content (AvgIpc) is 2.38. The minimum Gasteiger partial charge on any atom is -0.492 e.